The second-order valence-electron chi connectivity index (χ2n) is 6.78. The number of phenols is 1. The number of rotatable bonds is 5. The summed E-state index contributed by atoms with van der Waals surface area (Å²) in [4.78, 5) is 2.29. The maximum absolute atomic E-state index is 10.5. The lowest BCUT2D eigenvalue weighted by Gasteiger charge is -2.39. The summed E-state index contributed by atoms with van der Waals surface area (Å²) in [5, 5.41) is 20.3. The minimum absolute atomic E-state index is 0.137. The number of hydrogen-bond acceptors (Lipinski definition) is 3. The molecule has 3 nitrogen and oxygen atoms in total. The molecular formula is C19H29NO2. The lowest BCUT2D eigenvalue weighted by Crippen LogP contribution is -2.38. The molecule has 122 valence electrons. The normalized spacial score (nSPS) is 23.3. The van der Waals surface area contributed by atoms with E-state index in [-0.39, 0.29) is 18.1 Å². The van der Waals surface area contributed by atoms with Crippen molar-refractivity contribution in [3.8, 4) is 5.75 Å². The summed E-state index contributed by atoms with van der Waals surface area (Å²) >= 11 is 0. The molecule has 0 aliphatic heterocycles. The summed E-state index contributed by atoms with van der Waals surface area (Å²) < 4.78 is 0. The van der Waals surface area contributed by atoms with E-state index in [9.17, 15) is 10.2 Å². The van der Waals surface area contributed by atoms with Crippen molar-refractivity contribution in [2.45, 2.75) is 51.7 Å². The largest absolute Gasteiger partial charge is 0.508 e. The lowest BCUT2D eigenvalue weighted by molar-refractivity contribution is 0.0183. The van der Waals surface area contributed by atoms with Crippen molar-refractivity contribution in [2.24, 2.45) is 5.92 Å². The molecule has 1 aromatic rings. The Morgan fingerprint density at radius 1 is 1.32 bits per heavy atom. The SMILES string of the molecule is CC(C)=CCN(C)C(c1cccc(O)c1)[C@H]1CCCC[C@H]1O. The third-order valence-corrected chi connectivity index (χ3v) is 4.66. The summed E-state index contributed by atoms with van der Waals surface area (Å²) in [6.07, 6.45) is 6.17. The third-order valence-electron chi connectivity index (χ3n) is 4.66. The Morgan fingerprint density at radius 2 is 2.05 bits per heavy atom. The lowest BCUT2D eigenvalue weighted by atomic mass is 9.78. The number of allylic oxidation sites excluding steroid dienone is 1. The Morgan fingerprint density at radius 3 is 2.68 bits per heavy atom. The molecule has 0 radical (unpaired) electrons. The molecule has 1 aliphatic rings. The van der Waals surface area contributed by atoms with Gasteiger partial charge in [0.05, 0.1) is 6.10 Å². The molecule has 1 saturated carbocycles. The smallest absolute Gasteiger partial charge is 0.115 e. The number of phenolic OH excluding ortho intramolecular Hbond substituents is 1. The third kappa shape index (κ3) is 4.34. The topological polar surface area (TPSA) is 43.7 Å². The molecule has 3 atom stereocenters. The van der Waals surface area contributed by atoms with Crippen LogP contribution in [0.5, 0.6) is 5.75 Å². The van der Waals surface area contributed by atoms with Crippen molar-refractivity contribution in [1.29, 1.82) is 0 Å². The van der Waals surface area contributed by atoms with Gasteiger partial charge >= 0.3 is 0 Å². The fraction of sp³-hybridized carbons (Fsp3) is 0.579. The van der Waals surface area contributed by atoms with E-state index in [1.54, 1.807) is 6.07 Å². The van der Waals surface area contributed by atoms with Crippen LogP contribution in [-0.2, 0) is 0 Å². The van der Waals surface area contributed by atoms with Crippen LogP contribution in [-0.4, -0.2) is 34.8 Å². The van der Waals surface area contributed by atoms with E-state index in [0.717, 1.165) is 31.4 Å². The van der Waals surface area contributed by atoms with Crippen molar-refractivity contribution in [2.75, 3.05) is 13.6 Å². The average molecular weight is 303 g/mol. The Kier molecular flexibility index (Phi) is 6.04. The maximum atomic E-state index is 10.5. The molecule has 1 unspecified atom stereocenters. The predicted octanol–water partition coefficient (Wildman–Crippen LogP) is 3.88. The Labute approximate surface area is 134 Å². The monoisotopic (exact) mass is 303 g/mol. The molecular weight excluding hydrogens is 274 g/mol. The van der Waals surface area contributed by atoms with E-state index in [1.807, 2.05) is 12.1 Å². The summed E-state index contributed by atoms with van der Waals surface area (Å²) in [5.74, 6) is 0.523. The molecule has 1 aromatic carbocycles. The average Bonchev–Trinajstić information content (AvgIpc) is 2.47. The zero-order chi connectivity index (χ0) is 16.1. The van der Waals surface area contributed by atoms with Crippen LogP contribution in [0, 0.1) is 5.92 Å². The first-order chi connectivity index (χ1) is 10.5. The van der Waals surface area contributed by atoms with Gasteiger partial charge in [-0.15, -0.1) is 0 Å². The van der Waals surface area contributed by atoms with Gasteiger partial charge < -0.3 is 10.2 Å². The number of benzene rings is 1. The fourth-order valence-corrected chi connectivity index (χ4v) is 3.49. The number of nitrogens with zero attached hydrogens (tertiary/aromatic N) is 1. The first kappa shape index (κ1) is 17.0. The van der Waals surface area contributed by atoms with Crippen LogP contribution in [0.15, 0.2) is 35.9 Å². The Bertz CT molecular complexity index is 508. The standard InChI is InChI=1S/C19H29NO2/c1-14(2)11-12-20(3)19(15-7-6-8-16(21)13-15)17-9-4-5-10-18(17)22/h6-8,11,13,17-19,21-22H,4-5,9-10,12H2,1-3H3/t17-,18+,19?/m0/s1. The van der Waals surface area contributed by atoms with Crippen LogP contribution in [0.25, 0.3) is 0 Å². The van der Waals surface area contributed by atoms with Gasteiger partial charge in [0.15, 0.2) is 0 Å². The van der Waals surface area contributed by atoms with Crippen molar-refractivity contribution in [1.82, 2.24) is 4.90 Å². The van der Waals surface area contributed by atoms with Gasteiger partial charge in [0, 0.05) is 18.5 Å². The van der Waals surface area contributed by atoms with Crippen LogP contribution >= 0.6 is 0 Å². The van der Waals surface area contributed by atoms with E-state index in [4.69, 9.17) is 0 Å². The highest BCUT2D eigenvalue weighted by Crippen LogP contribution is 2.38. The first-order valence-corrected chi connectivity index (χ1v) is 8.29. The van der Waals surface area contributed by atoms with Gasteiger partial charge in [0.25, 0.3) is 0 Å². The van der Waals surface area contributed by atoms with E-state index in [2.05, 4.69) is 37.9 Å². The zero-order valence-corrected chi connectivity index (χ0v) is 14.0. The number of aliphatic hydroxyl groups is 1. The van der Waals surface area contributed by atoms with Crippen molar-refractivity contribution < 1.29 is 10.2 Å². The van der Waals surface area contributed by atoms with E-state index >= 15 is 0 Å². The molecule has 2 N–H and O–H groups in total. The molecule has 1 aliphatic carbocycles. The number of aromatic hydroxyl groups is 1. The van der Waals surface area contributed by atoms with Crippen LogP contribution in [0.2, 0.25) is 0 Å². The first-order valence-electron chi connectivity index (χ1n) is 8.29. The summed E-state index contributed by atoms with van der Waals surface area (Å²) in [6, 6.07) is 7.63. The highest BCUT2D eigenvalue weighted by atomic mass is 16.3. The molecule has 0 aromatic heterocycles. The van der Waals surface area contributed by atoms with Gasteiger partial charge in [0.2, 0.25) is 0 Å². The van der Waals surface area contributed by atoms with E-state index < -0.39 is 0 Å². The molecule has 2 rings (SSSR count). The molecule has 0 heterocycles. The number of likely N-dealkylation sites (N-methyl/N-ethyl adjacent to an activating group) is 1. The number of hydrogen-bond donors (Lipinski definition) is 2. The van der Waals surface area contributed by atoms with Gasteiger partial charge in [-0.05, 0) is 51.4 Å². The van der Waals surface area contributed by atoms with Crippen molar-refractivity contribution >= 4 is 0 Å². The molecule has 0 amide bonds. The highest BCUT2D eigenvalue weighted by Gasteiger charge is 2.33. The number of aliphatic hydroxyl groups excluding tert-OH is 1. The zero-order valence-electron chi connectivity index (χ0n) is 14.0. The van der Waals surface area contributed by atoms with Crippen molar-refractivity contribution in [3.63, 3.8) is 0 Å². The maximum Gasteiger partial charge on any atom is 0.115 e. The summed E-state index contributed by atoms with van der Waals surface area (Å²) in [7, 11) is 2.11. The minimum Gasteiger partial charge on any atom is -0.508 e. The van der Waals surface area contributed by atoms with Crippen LogP contribution in [0.4, 0.5) is 0 Å². The summed E-state index contributed by atoms with van der Waals surface area (Å²) in [6.45, 7) is 5.06. The molecule has 0 bridgehead atoms. The minimum atomic E-state index is -0.254. The van der Waals surface area contributed by atoms with Gasteiger partial charge in [-0.1, -0.05) is 36.6 Å². The van der Waals surface area contributed by atoms with E-state index in [0.29, 0.717) is 5.75 Å². The van der Waals surface area contributed by atoms with Crippen LogP contribution in [0.3, 0.4) is 0 Å². The predicted molar refractivity (Wildman–Crippen MR) is 90.9 cm³/mol. The van der Waals surface area contributed by atoms with Crippen LogP contribution < -0.4 is 0 Å². The van der Waals surface area contributed by atoms with Gasteiger partial charge in [-0.3, -0.25) is 4.90 Å². The molecule has 3 heteroatoms. The second kappa shape index (κ2) is 7.80. The van der Waals surface area contributed by atoms with Gasteiger partial charge in [0.1, 0.15) is 5.75 Å². The Balaban J connectivity index is 2.29. The molecule has 22 heavy (non-hydrogen) atoms. The van der Waals surface area contributed by atoms with E-state index in [1.165, 1.54) is 12.0 Å². The second-order valence-corrected chi connectivity index (χ2v) is 6.78. The summed E-state index contributed by atoms with van der Waals surface area (Å²) in [5.41, 5.74) is 2.39. The fourth-order valence-electron chi connectivity index (χ4n) is 3.49. The van der Waals surface area contributed by atoms with Crippen molar-refractivity contribution in [3.05, 3.63) is 41.5 Å². The quantitative estimate of drug-likeness (QED) is 0.811. The molecule has 0 saturated heterocycles. The highest BCUT2D eigenvalue weighted by molar-refractivity contribution is 5.30. The van der Waals surface area contributed by atoms with Gasteiger partial charge in [-0.2, -0.15) is 0 Å². The van der Waals surface area contributed by atoms with Gasteiger partial charge in [-0.25, -0.2) is 0 Å². The van der Waals surface area contributed by atoms with Crippen LogP contribution in [0.1, 0.15) is 51.1 Å². The molecule has 1 fully saturated rings. The molecule has 0 spiro atoms. The Hall–Kier alpha value is -1.32.